The summed E-state index contributed by atoms with van der Waals surface area (Å²) in [6.07, 6.45) is 1.57. The average Bonchev–Trinajstić information content (AvgIpc) is 2.03. The molecule has 1 aromatic rings. The van der Waals surface area contributed by atoms with Gasteiger partial charge in [0.1, 0.15) is 5.82 Å². The number of hydrogen-bond acceptors (Lipinski definition) is 2. The molecule has 0 amide bonds. The van der Waals surface area contributed by atoms with Gasteiger partial charge in [0.15, 0.2) is 0 Å². The van der Waals surface area contributed by atoms with E-state index < -0.39 is 0 Å². The molecule has 1 rings (SSSR count). The minimum absolute atomic E-state index is 0.510. The summed E-state index contributed by atoms with van der Waals surface area (Å²) in [7, 11) is 0. The van der Waals surface area contributed by atoms with Crippen molar-refractivity contribution in [1.82, 2.24) is 4.98 Å². The van der Waals surface area contributed by atoms with E-state index in [0.717, 1.165) is 5.82 Å². The third kappa shape index (κ3) is 3.11. The maximum absolute atomic E-state index is 5.64. The van der Waals surface area contributed by atoms with Crippen molar-refractivity contribution in [3.8, 4) is 0 Å². The lowest BCUT2D eigenvalue weighted by Crippen LogP contribution is -2.01. The van der Waals surface area contributed by atoms with Gasteiger partial charge in [-0.05, 0) is 12.1 Å². The molecular weight excluding hydrogens is 195 g/mol. The minimum atomic E-state index is 0.510. The second kappa shape index (κ2) is 4.33. The van der Waals surface area contributed by atoms with E-state index in [4.69, 9.17) is 23.2 Å². The molecule has 0 aliphatic heterocycles. The van der Waals surface area contributed by atoms with Crippen LogP contribution >= 0.6 is 23.2 Å². The van der Waals surface area contributed by atoms with Crippen molar-refractivity contribution in [2.24, 2.45) is 0 Å². The molecule has 4 heteroatoms. The highest BCUT2D eigenvalue weighted by Gasteiger charge is 1.93. The lowest BCUT2D eigenvalue weighted by atomic mass is 10.4. The normalized spacial score (nSPS) is 9.50. The Bertz CT molecular complexity index is 269. The van der Waals surface area contributed by atoms with E-state index in [0.29, 0.717) is 16.6 Å². The van der Waals surface area contributed by atoms with E-state index in [1.807, 2.05) is 0 Å². The first-order chi connectivity index (χ1) is 5.68. The van der Waals surface area contributed by atoms with Gasteiger partial charge in [-0.25, -0.2) is 4.98 Å². The van der Waals surface area contributed by atoms with Gasteiger partial charge >= 0.3 is 0 Å². The van der Waals surface area contributed by atoms with Gasteiger partial charge in [-0.15, -0.1) is 0 Å². The Kier molecular flexibility index (Phi) is 3.38. The van der Waals surface area contributed by atoms with Gasteiger partial charge in [0, 0.05) is 11.2 Å². The zero-order chi connectivity index (χ0) is 8.97. The number of pyridine rings is 1. The zero-order valence-electron chi connectivity index (χ0n) is 6.35. The molecule has 1 aromatic heterocycles. The second-order valence-corrected chi connectivity index (χ2v) is 3.20. The van der Waals surface area contributed by atoms with Crippen LogP contribution in [0.25, 0.3) is 0 Å². The van der Waals surface area contributed by atoms with Crippen molar-refractivity contribution in [3.05, 3.63) is 35.0 Å². The molecule has 0 aliphatic rings. The Balaban J connectivity index is 2.53. The van der Waals surface area contributed by atoms with Crippen LogP contribution in [0.3, 0.4) is 0 Å². The monoisotopic (exact) mass is 202 g/mol. The molecule has 12 heavy (non-hydrogen) atoms. The maximum Gasteiger partial charge on any atom is 0.126 e. The molecule has 2 nitrogen and oxygen atoms in total. The molecular formula is C8H8Cl2N2. The number of nitrogens with one attached hydrogen (secondary N) is 1. The molecule has 0 atom stereocenters. The Morgan fingerprint density at radius 1 is 1.58 bits per heavy atom. The summed E-state index contributed by atoms with van der Waals surface area (Å²) < 4.78 is 0. The number of hydrogen-bond donors (Lipinski definition) is 1. The topological polar surface area (TPSA) is 24.9 Å². The molecule has 0 bridgehead atoms. The molecule has 0 fully saturated rings. The summed E-state index contributed by atoms with van der Waals surface area (Å²) in [6.45, 7) is 4.05. The predicted octanol–water partition coefficient (Wildman–Crippen LogP) is 2.90. The largest absolute Gasteiger partial charge is 0.365 e. The van der Waals surface area contributed by atoms with Crippen LogP contribution in [0.15, 0.2) is 29.9 Å². The fourth-order valence-electron chi connectivity index (χ4n) is 0.667. The molecule has 0 aliphatic carbocycles. The molecule has 0 saturated carbocycles. The van der Waals surface area contributed by atoms with Gasteiger partial charge in [-0.3, -0.25) is 0 Å². The Morgan fingerprint density at radius 2 is 2.33 bits per heavy atom. The van der Waals surface area contributed by atoms with Crippen LogP contribution < -0.4 is 5.32 Å². The number of halogens is 2. The Morgan fingerprint density at radius 3 is 2.83 bits per heavy atom. The summed E-state index contributed by atoms with van der Waals surface area (Å²) in [6, 6.07) is 3.54. The smallest absolute Gasteiger partial charge is 0.126 e. The summed E-state index contributed by atoms with van der Waals surface area (Å²) in [5, 5.41) is 4.13. The Hall–Kier alpha value is -0.730. The van der Waals surface area contributed by atoms with Gasteiger partial charge in [0.05, 0.1) is 11.6 Å². The van der Waals surface area contributed by atoms with Crippen molar-refractivity contribution in [2.45, 2.75) is 0 Å². The third-order valence-corrected chi connectivity index (χ3v) is 1.55. The first-order valence-electron chi connectivity index (χ1n) is 3.37. The number of rotatable bonds is 3. The van der Waals surface area contributed by atoms with Crippen molar-refractivity contribution in [3.63, 3.8) is 0 Å². The van der Waals surface area contributed by atoms with Crippen molar-refractivity contribution in [2.75, 3.05) is 11.9 Å². The molecule has 64 valence electrons. The van der Waals surface area contributed by atoms with Crippen molar-refractivity contribution in [1.29, 1.82) is 0 Å². The van der Waals surface area contributed by atoms with Crippen LogP contribution in [-0.2, 0) is 0 Å². The fourth-order valence-corrected chi connectivity index (χ4v) is 0.845. The van der Waals surface area contributed by atoms with Crippen LogP contribution in [0, 0.1) is 0 Å². The standard InChI is InChI=1S/C8H8Cl2N2/c1-6(9)4-11-8-3-2-7(10)5-12-8/h2-3,5H,1,4H2,(H,11,12). The van der Waals surface area contributed by atoms with Gasteiger partial charge in [0.25, 0.3) is 0 Å². The molecule has 1 N–H and O–H groups in total. The number of aromatic nitrogens is 1. The van der Waals surface area contributed by atoms with E-state index in [1.165, 1.54) is 0 Å². The summed E-state index contributed by atoms with van der Waals surface area (Å²) in [5.41, 5.74) is 0. The average molecular weight is 203 g/mol. The van der Waals surface area contributed by atoms with Gasteiger partial charge in [-0.2, -0.15) is 0 Å². The van der Waals surface area contributed by atoms with Crippen LogP contribution in [0.5, 0.6) is 0 Å². The van der Waals surface area contributed by atoms with E-state index in [-0.39, 0.29) is 0 Å². The molecule has 0 radical (unpaired) electrons. The third-order valence-electron chi connectivity index (χ3n) is 1.19. The SMILES string of the molecule is C=C(Cl)CNc1ccc(Cl)cn1. The first-order valence-corrected chi connectivity index (χ1v) is 4.13. The molecule has 1 heterocycles. The quantitative estimate of drug-likeness (QED) is 0.816. The molecule has 0 saturated heterocycles. The zero-order valence-corrected chi connectivity index (χ0v) is 7.86. The predicted molar refractivity (Wildman–Crippen MR) is 52.7 cm³/mol. The van der Waals surface area contributed by atoms with E-state index in [2.05, 4.69) is 16.9 Å². The highest BCUT2D eigenvalue weighted by molar-refractivity contribution is 6.30. The van der Waals surface area contributed by atoms with Gasteiger partial charge in [-0.1, -0.05) is 29.8 Å². The molecule has 0 unspecified atom stereocenters. The van der Waals surface area contributed by atoms with E-state index in [9.17, 15) is 0 Å². The number of nitrogens with zero attached hydrogens (tertiary/aromatic N) is 1. The second-order valence-electron chi connectivity index (χ2n) is 2.23. The first kappa shape index (κ1) is 9.36. The van der Waals surface area contributed by atoms with Gasteiger partial charge < -0.3 is 5.32 Å². The molecule has 0 aromatic carbocycles. The van der Waals surface area contributed by atoms with Crippen molar-refractivity contribution >= 4 is 29.0 Å². The summed E-state index contributed by atoms with van der Waals surface area (Å²) >= 11 is 11.2. The highest BCUT2D eigenvalue weighted by Crippen LogP contribution is 2.09. The van der Waals surface area contributed by atoms with Crippen LogP contribution in [0.2, 0.25) is 5.02 Å². The number of anilines is 1. The lowest BCUT2D eigenvalue weighted by Gasteiger charge is -2.02. The van der Waals surface area contributed by atoms with Crippen LogP contribution in [-0.4, -0.2) is 11.5 Å². The van der Waals surface area contributed by atoms with Crippen molar-refractivity contribution < 1.29 is 0 Å². The van der Waals surface area contributed by atoms with E-state index >= 15 is 0 Å². The maximum atomic E-state index is 5.64. The highest BCUT2D eigenvalue weighted by atomic mass is 35.5. The van der Waals surface area contributed by atoms with Gasteiger partial charge in [0.2, 0.25) is 0 Å². The van der Waals surface area contributed by atoms with Crippen LogP contribution in [0.4, 0.5) is 5.82 Å². The summed E-state index contributed by atoms with van der Waals surface area (Å²) in [4.78, 5) is 4.01. The molecule has 0 spiro atoms. The summed E-state index contributed by atoms with van der Waals surface area (Å²) in [5.74, 6) is 0.737. The van der Waals surface area contributed by atoms with Crippen LogP contribution in [0.1, 0.15) is 0 Å². The van der Waals surface area contributed by atoms with E-state index in [1.54, 1.807) is 18.3 Å². The fraction of sp³-hybridized carbons (Fsp3) is 0.125. The minimum Gasteiger partial charge on any atom is -0.365 e. The Labute approximate surface area is 81.2 Å². The lowest BCUT2D eigenvalue weighted by molar-refractivity contribution is 1.22.